The van der Waals surface area contributed by atoms with Crippen molar-refractivity contribution in [1.29, 1.82) is 0 Å². The highest BCUT2D eigenvalue weighted by atomic mass is 16.4. The molecule has 20 heavy (non-hydrogen) atoms. The summed E-state index contributed by atoms with van der Waals surface area (Å²) in [7, 11) is 0. The Morgan fingerprint density at radius 1 is 1.35 bits per heavy atom. The summed E-state index contributed by atoms with van der Waals surface area (Å²) < 4.78 is 1.41. The van der Waals surface area contributed by atoms with Crippen LogP contribution in [-0.4, -0.2) is 20.9 Å². The SMILES string of the molecule is CC(C)CC(C(=O)O)n1nc(-c2ccccc2)cc1N. The van der Waals surface area contributed by atoms with Crippen molar-refractivity contribution in [3.05, 3.63) is 36.4 Å². The average Bonchev–Trinajstić information content (AvgIpc) is 2.78. The number of aliphatic carboxylic acids is 1. The van der Waals surface area contributed by atoms with Crippen molar-refractivity contribution in [2.45, 2.75) is 26.3 Å². The summed E-state index contributed by atoms with van der Waals surface area (Å²) in [6.07, 6.45) is 0.495. The van der Waals surface area contributed by atoms with E-state index in [1.165, 1.54) is 4.68 Å². The first-order valence-electron chi connectivity index (χ1n) is 6.62. The summed E-state index contributed by atoms with van der Waals surface area (Å²) in [4.78, 5) is 11.4. The first-order valence-corrected chi connectivity index (χ1v) is 6.62. The van der Waals surface area contributed by atoms with Gasteiger partial charge >= 0.3 is 5.97 Å². The Morgan fingerprint density at radius 3 is 2.55 bits per heavy atom. The zero-order valence-corrected chi connectivity index (χ0v) is 11.7. The zero-order valence-electron chi connectivity index (χ0n) is 11.7. The van der Waals surface area contributed by atoms with Crippen molar-refractivity contribution in [3.63, 3.8) is 0 Å². The molecule has 1 unspecified atom stereocenters. The number of nitrogens with two attached hydrogens (primary N) is 1. The largest absolute Gasteiger partial charge is 0.480 e. The second kappa shape index (κ2) is 5.77. The number of carboxylic acid groups (broad SMARTS) is 1. The predicted molar refractivity (Wildman–Crippen MR) is 78.2 cm³/mol. The fourth-order valence-corrected chi connectivity index (χ4v) is 2.16. The van der Waals surface area contributed by atoms with E-state index in [9.17, 15) is 9.90 Å². The van der Waals surface area contributed by atoms with Crippen LogP contribution in [-0.2, 0) is 4.79 Å². The molecule has 1 aromatic heterocycles. The number of rotatable bonds is 5. The van der Waals surface area contributed by atoms with E-state index in [-0.39, 0.29) is 5.92 Å². The van der Waals surface area contributed by atoms with Gasteiger partial charge in [0.1, 0.15) is 5.82 Å². The second-order valence-electron chi connectivity index (χ2n) is 5.25. The van der Waals surface area contributed by atoms with E-state index < -0.39 is 12.0 Å². The molecule has 0 aliphatic heterocycles. The van der Waals surface area contributed by atoms with Crippen LogP contribution in [0.4, 0.5) is 5.82 Å². The van der Waals surface area contributed by atoms with Crippen molar-refractivity contribution >= 4 is 11.8 Å². The number of aromatic nitrogens is 2. The maximum Gasteiger partial charge on any atom is 0.328 e. The Labute approximate surface area is 118 Å². The van der Waals surface area contributed by atoms with Gasteiger partial charge in [-0.15, -0.1) is 0 Å². The molecule has 2 aromatic rings. The third-order valence-electron chi connectivity index (χ3n) is 3.11. The highest BCUT2D eigenvalue weighted by molar-refractivity contribution is 5.73. The molecule has 0 aliphatic carbocycles. The molecule has 0 bridgehead atoms. The minimum atomic E-state index is -0.909. The molecule has 106 valence electrons. The lowest BCUT2D eigenvalue weighted by Crippen LogP contribution is -2.23. The summed E-state index contributed by atoms with van der Waals surface area (Å²) in [5.41, 5.74) is 7.55. The molecule has 0 radical (unpaired) electrons. The van der Waals surface area contributed by atoms with Gasteiger partial charge in [0, 0.05) is 11.6 Å². The maximum atomic E-state index is 11.4. The standard InChI is InChI=1S/C15H19N3O2/c1-10(2)8-13(15(19)20)18-14(16)9-12(17-18)11-6-4-3-5-7-11/h3-7,9-10,13H,8,16H2,1-2H3,(H,19,20). The fraction of sp³-hybridized carbons (Fsp3) is 0.333. The molecule has 0 aliphatic rings. The van der Waals surface area contributed by atoms with Gasteiger partial charge in [-0.2, -0.15) is 5.10 Å². The van der Waals surface area contributed by atoms with Crippen LogP contribution in [0.15, 0.2) is 36.4 Å². The monoisotopic (exact) mass is 273 g/mol. The number of carbonyl (C=O) groups is 1. The molecule has 1 atom stereocenters. The molecule has 3 N–H and O–H groups in total. The van der Waals surface area contributed by atoms with Crippen molar-refractivity contribution < 1.29 is 9.90 Å². The second-order valence-corrected chi connectivity index (χ2v) is 5.25. The number of benzene rings is 1. The molecule has 0 saturated carbocycles. The number of carboxylic acids is 1. The van der Waals surface area contributed by atoms with Crippen molar-refractivity contribution in [2.24, 2.45) is 5.92 Å². The van der Waals surface area contributed by atoms with Gasteiger partial charge in [0.2, 0.25) is 0 Å². The number of anilines is 1. The van der Waals surface area contributed by atoms with Crippen molar-refractivity contribution in [1.82, 2.24) is 9.78 Å². The molecule has 5 heteroatoms. The Balaban J connectivity index is 2.37. The quantitative estimate of drug-likeness (QED) is 0.877. The molecular formula is C15H19N3O2. The number of hydrogen-bond acceptors (Lipinski definition) is 3. The summed E-state index contributed by atoms with van der Waals surface area (Å²) in [6, 6.07) is 10.6. The Kier molecular flexibility index (Phi) is 4.08. The summed E-state index contributed by atoms with van der Waals surface area (Å²) in [5.74, 6) is -0.287. The van der Waals surface area contributed by atoms with Crippen LogP contribution in [0.2, 0.25) is 0 Å². The maximum absolute atomic E-state index is 11.4. The first kappa shape index (κ1) is 14.1. The van der Waals surface area contributed by atoms with E-state index in [0.29, 0.717) is 17.9 Å². The van der Waals surface area contributed by atoms with E-state index in [1.807, 2.05) is 44.2 Å². The van der Waals surface area contributed by atoms with E-state index in [1.54, 1.807) is 6.07 Å². The summed E-state index contributed by atoms with van der Waals surface area (Å²) >= 11 is 0. The van der Waals surface area contributed by atoms with Gasteiger partial charge in [0.15, 0.2) is 6.04 Å². The topological polar surface area (TPSA) is 81.1 Å². The predicted octanol–water partition coefficient (Wildman–Crippen LogP) is 2.80. The van der Waals surface area contributed by atoms with Crippen LogP contribution in [0.3, 0.4) is 0 Å². The van der Waals surface area contributed by atoms with Crippen LogP contribution in [0.1, 0.15) is 26.3 Å². The first-order chi connectivity index (χ1) is 9.49. The molecule has 0 amide bonds. The Bertz CT molecular complexity index is 590. The van der Waals surface area contributed by atoms with E-state index in [0.717, 1.165) is 5.56 Å². The van der Waals surface area contributed by atoms with Gasteiger partial charge in [-0.1, -0.05) is 44.2 Å². The Morgan fingerprint density at radius 2 is 2.00 bits per heavy atom. The third-order valence-corrected chi connectivity index (χ3v) is 3.11. The lowest BCUT2D eigenvalue weighted by atomic mass is 10.0. The number of nitrogens with zero attached hydrogens (tertiary/aromatic N) is 2. The number of nitrogen functional groups attached to an aromatic ring is 1. The summed E-state index contributed by atoms with van der Waals surface area (Å²) in [5, 5.41) is 13.7. The van der Waals surface area contributed by atoms with E-state index in [2.05, 4.69) is 5.10 Å². The van der Waals surface area contributed by atoms with E-state index >= 15 is 0 Å². The normalized spacial score (nSPS) is 12.6. The summed E-state index contributed by atoms with van der Waals surface area (Å²) in [6.45, 7) is 3.96. The minimum Gasteiger partial charge on any atom is -0.480 e. The molecule has 1 aromatic carbocycles. The third kappa shape index (κ3) is 2.99. The molecule has 0 saturated heterocycles. The smallest absolute Gasteiger partial charge is 0.328 e. The van der Waals surface area contributed by atoms with Crippen LogP contribution >= 0.6 is 0 Å². The van der Waals surface area contributed by atoms with Crippen LogP contribution in [0.25, 0.3) is 11.3 Å². The van der Waals surface area contributed by atoms with Gasteiger partial charge in [-0.05, 0) is 12.3 Å². The Hall–Kier alpha value is -2.30. The van der Waals surface area contributed by atoms with Gasteiger partial charge in [-0.3, -0.25) is 0 Å². The number of hydrogen-bond donors (Lipinski definition) is 2. The van der Waals surface area contributed by atoms with Crippen molar-refractivity contribution in [3.8, 4) is 11.3 Å². The van der Waals surface area contributed by atoms with Gasteiger partial charge in [0.05, 0.1) is 5.69 Å². The molecule has 5 nitrogen and oxygen atoms in total. The minimum absolute atomic E-state index is 0.250. The molecule has 0 fully saturated rings. The molecular weight excluding hydrogens is 254 g/mol. The van der Waals surface area contributed by atoms with E-state index in [4.69, 9.17) is 5.73 Å². The van der Waals surface area contributed by atoms with Crippen LogP contribution in [0.5, 0.6) is 0 Å². The molecule has 0 spiro atoms. The van der Waals surface area contributed by atoms with Crippen LogP contribution in [0, 0.1) is 5.92 Å². The lowest BCUT2D eigenvalue weighted by Gasteiger charge is -2.16. The molecule has 1 heterocycles. The highest BCUT2D eigenvalue weighted by Gasteiger charge is 2.24. The van der Waals surface area contributed by atoms with Gasteiger partial charge in [0.25, 0.3) is 0 Å². The zero-order chi connectivity index (χ0) is 14.7. The highest BCUT2D eigenvalue weighted by Crippen LogP contribution is 2.25. The average molecular weight is 273 g/mol. The lowest BCUT2D eigenvalue weighted by molar-refractivity contribution is -0.141. The van der Waals surface area contributed by atoms with Gasteiger partial charge < -0.3 is 10.8 Å². The van der Waals surface area contributed by atoms with Crippen LogP contribution < -0.4 is 5.73 Å². The van der Waals surface area contributed by atoms with Gasteiger partial charge in [-0.25, -0.2) is 9.48 Å². The van der Waals surface area contributed by atoms with Crippen molar-refractivity contribution in [2.75, 3.05) is 5.73 Å². The fourth-order valence-electron chi connectivity index (χ4n) is 2.16. The molecule has 2 rings (SSSR count).